The summed E-state index contributed by atoms with van der Waals surface area (Å²) < 4.78 is 11.5. The predicted octanol–water partition coefficient (Wildman–Crippen LogP) is 4.68. The van der Waals surface area contributed by atoms with Gasteiger partial charge in [0.1, 0.15) is 0 Å². The molecule has 1 aliphatic heterocycles. The molecule has 2 N–H and O–H groups in total. The van der Waals surface area contributed by atoms with Gasteiger partial charge in [0.25, 0.3) is 11.8 Å². The normalized spacial score (nSPS) is 15.8. The van der Waals surface area contributed by atoms with E-state index in [1.54, 1.807) is 30.3 Å². The van der Waals surface area contributed by atoms with E-state index in [4.69, 9.17) is 32.7 Å². The number of hydrogen-bond acceptors (Lipinski definition) is 4. The van der Waals surface area contributed by atoms with Gasteiger partial charge in [-0.3, -0.25) is 9.59 Å². The first kappa shape index (κ1) is 21.9. The minimum atomic E-state index is -0.389. The zero-order valence-corrected chi connectivity index (χ0v) is 18.4. The van der Waals surface area contributed by atoms with E-state index in [1.165, 1.54) is 6.07 Å². The van der Waals surface area contributed by atoms with Crippen molar-refractivity contribution in [2.75, 3.05) is 25.1 Å². The lowest BCUT2D eigenvalue weighted by Crippen LogP contribution is -2.31. The third-order valence-electron chi connectivity index (χ3n) is 4.23. The molecule has 0 saturated carbocycles. The van der Waals surface area contributed by atoms with Crippen LogP contribution in [0.15, 0.2) is 40.9 Å². The lowest BCUT2D eigenvalue weighted by atomic mass is 10.1. The first-order valence-corrected chi connectivity index (χ1v) is 10.5. The molecule has 0 bridgehead atoms. The number of amides is 2. The molecule has 154 valence electrons. The Morgan fingerprint density at radius 3 is 2.79 bits per heavy atom. The lowest BCUT2D eigenvalue weighted by molar-refractivity contribution is -0.118. The Kier molecular flexibility index (Phi) is 7.77. The fourth-order valence-corrected chi connectivity index (χ4v) is 4.22. The van der Waals surface area contributed by atoms with E-state index in [2.05, 4.69) is 26.6 Å². The van der Waals surface area contributed by atoms with Crippen LogP contribution < -0.4 is 15.4 Å². The molecule has 2 aromatic rings. The maximum absolute atomic E-state index is 12.3. The maximum atomic E-state index is 12.3. The summed E-state index contributed by atoms with van der Waals surface area (Å²) in [6.45, 7) is 0.956. The van der Waals surface area contributed by atoms with Crippen molar-refractivity contribution in [3.05, 3.63) is 56.5 Å². The number of hydrogen-bond donors (Lipinski definition) is 2. The van der Waals surface area contributed by atoms with Crippen molar-refractivity contribution in [2.45, 2.75) is 18.9 Å². The monoisotopic (exact) mass is 500 g/mol. The van der Waals surface area contributed by atoms with E-state index < -0.39 is 0 Å². The molecule has 1 heterocycles. The van der Waals surface area contributed by atoms with Gasteiger partial charge < -0.3 is 20.1 Å². The van der Waals surface area contributed by atoms with Crippen LogP contribution in [0.25, 0.3) is 0 Å². The van der Waals surface area contributed by atoms with Crippen LogP contribution in [-0.4, -0.2) is 37.7 Å². The van der Waals surface area contributed by atoms with Crippen LogP contribution in [0.5, 0.6) is 5.75 Å². The van der Waals surface area contributed by atoms with Gasteiger partial charge in [0, 0.05) is 29.4 Å². The second kappa shape index (κ2) is 10.3. The maximum Gasteiger partial charge on any atom is 0.262 e. The highest BCUT2D eigenvalue weighted by Gasteiger charge is 2.17. The Morgan fingerprint density at radius 1 is 1.24 bits per heavy atom. The molecular formula is C20H19BrCl2N2O4. The van der Waals surface area contributed by atoms with Gasteiger partial charge in [-0.05, 0) is 59.1 Å². The van der Waals surface area contributed by atoms with Gasteiger partial charge in [-0.2, -0.15) is 0 Å². The standard InChI is InChI=1S/C20H19BrCl2N2O4/c21-16-8-13(22)9-17(23)19(16)29-11-18(26)25-14-4-1-3-12(7-14)20(27)24-10-15-5-2-6-28-15/h1,3-4,7-9,15H,2,5-6,10-11H2,(H,24,27)(H,25,26). The molecule has 6 nitrogen and oxygen atoms in total. The zero-order chi connectivity index (χ0) is 20.8. The predicted molar refractivity (Wildman–Crippen MR) is 116 cm³/mol. The number of carbonyl (C=O) groups is 2. The van der Waals surface area contributed by atoms with Gasteiger partial charge in [-0.15, -0.1) is 0 Å². The van der Waals surface area contributed by atoms with Crippen molar-refractivity contribution in [3.8, 4) is 5.75 Å². The van der Waals surface area contributed by atoms with Crippen LogP contribution in [0, 0.1) is 0 Å². The summed E-state index contributed by atoms with van der Waals surface area (Å²) in [6.07, 6.45) is 2.03. The lowest BCUT2D eigenvalue weighted by Gasteiger charge is -2.12. The SMILES string of the molecule is O=C(COc1c(Cl)cc(Cl)cc1Br)Nc1cccc(C(=O)NCC2CCCO2)c1. The van der Waals surface area contributed by atoms with Gasteiger partial charge >= 0.3 is 0 Å². The largest absolute Gasteiger partial charge is 0.481 e. The van der Waals surface area contributed by atoms with Gasteiger partial charge in [0.15, 0.2) is 12.4 Å². The number of anilines is 1. The van der Waals surface area contributed by atoms with Crippen LogP contribution in [0.1, 0.15) is 23.2 Å². The number of ether oxygens (including phenoxy) is 2. The highest BCUT2D eigenvalue weighted by molar-refractivity contribution is 9.10. The van der Waals surface area contributed by atoms with Crippen molar-refractivity contribution in [1.82, 2.24) is 5.32 Å². The molecule has 9 heteroatoms. The number of benzene rings is 2. The number of carbonyl (C=O) groups excluding carboxylic acids is 2. The van der Waals surface area contributed by atoms with Crippen LogP contribution in [-0.2, 0) is 9.53 Å². The third kappa shape index (κ3) is 6.34. The van der Waals surface area contributed by atoms with Crippen molar-refractivity contribution in [2.24, 2.45) is 0 Å². The molecule has 0 aliphatic carbocycles. The summed E-state index contributed by atoms with van der Waals surface area (Å²) in [4.78, 5) is 24.5. The molecule has 1 unspecified atom stereocenters. The Bertz CT molecular complexity index is 881. The summed E-state index contributed by atoms with van der Waals surface area (Å²) in [5.41, 5.74) is 0.940. The Balaban J connectivity index is 1.54. The first-order valence-electron chi connectivity index (χ1n) is 8.99. The molecule has 29 heavy (non-hydrogen) atoms. The average molecular weight is 502 g/mol. The summed E-state index contributed by atoms with van der Waals surface area (Å²) in [5.74, 6) is -0.280. The quantitative estimate of drug-likeness (QED) is 0.577. The van der Waals surface area contributed by atoms with E-state index in [1.807, 2.05) is 0 Å². The van der Waals surface area contributed by atoms with E-state index in [9.17, 15) is 9.59 Å². The number of halogens is 3. The number of rotatable bonds is 7. The molecule has 3 rings (SSSR count). The molecule has 0 spiro atoms. The van der Waals surface area contributed by atoms with E-state index in [0.29, 0.717) is 38.1 Å². The summed E-state index contributed by atoms with van der Waals surface area (Å²) in [6, 6.07) is 9.83. The van der Waals surface area contributed by atoms with Crippen molar-refractivity contribution in [1.29, 1.82) is 0 Å². The van der Waals surface area contributed by atoms with Crippen molar-refractivity contribution >= 4 is 56.6 Å². The van der Waals surface area contributed by atoms with Gasteiger partial charge in [-0.25, -0.2) is 0 Å². The topological polar surface area (TPSA) is 76.7 Å². The van der Waals surface area contributed by atoms with Crippen LogP contribution >= 0.6 is 39.1 Å². The van der Waals surface area contributed by atoms with Crippen LogP contribution in [0.2, 0.25) is 10.0 Å². The summed E-state index contributed by atoms with van der Waals surface area (Å²) in [7, 11) is 0. The van der Waals surface area contributed by atoms with Crippen molar-refractivity contribution < 1.29 is 19.1 Å². The Labute approximate surface area is 187 Å². The van der Waals surface area contributed by atoms with E-state index in [-0.39, 0.29) is 24.5 Å². The molecule has 2 amide bonds. The van der Waals surface area contributed by atoms with Gasteiger partial charge in [0.2, 0.25) is 0 Å². The Hall–Kier alpha value is -1.80. The fraction of sp³-hybridized carbons (Fsp3) is 0.300. The highest BCUT2D eigenvalue weighted by Crippen LogP contribution is 2.36. The molecule has 1 aliphatic rings. The first-order chi connectivity index (χ1) is 13.9. The molecule has 0 radical (unpaired) electrons. The number of nitrogens with one attached hydrogen (secondary N) is 2. The van der Waals surface area contributed by atoms with Crippen LogP contribution in [0.3, 0.4) is 0 Å². The minimum Gasteiger partial charge on any atom is -0.481 e. The summed E-state index contributed by atoms with van der Waals surface area (Å²) in [5, 5.41) is 6.30. The third-order valence-corrected chi connectivity index (χ3v) is 5.32. The zero-order valence-electron chi connectivity index (χ0n) is 15.3. The molecular weight excluding hydrogens is 483 g/mol. The van der Waals surface area contributed by atoms with E-state index in [0.717, 1.165) is 19.4 Å². The smallest absolute Gasteiger partial charge is 0.262 e. The average Bonchev–Trinajstić information content (AvgIpc) is 3.19. The molecule has 1 atom stereocenters. The highest BCUT2D eigenvalue weighted by atomic mass is 79.9. The molecule has 2 aromatic carbocycles. The molecule has 0 aromatic heterocycles. The molecule has 1 fully saturated rings. The van der Waals surface area contributed by atoms with Gasteiger partial charge in [0.05, 0.1) is 15.6 Å². The summed E-state index contributed by atoms with van der Waals surface area (Å²) >= 11 is 15.3. The van der Waals surface area contributed by atoms with Gasteiger partial charge in [-0.1, -0.05) is 29.3 Å². The Morgan fingerprint density at radius 2 is 2.07 bits per heavy atom. The van der Waals surface area contributed by atoms with E-state index >= 15 is 0 Å². The fourth-order valence-electron chi connectivity index (χ4n) is 2.85. The second-order valence-electron chi connectivity index (χ2n) is 6.46. The second-order valence-corrected chi connectivity index (χ2v) is 8.16. The van der Waals surface area contributed by atoms with Crippen LogP contribution in [0.4, 0.5) is 5.69 Å². The molecule has 1 saturated heterocycles. The minimum absolute atomic E-state index is 0.0676. The van der Waals surface area contributed by atoms with Crippen molar-refractivity contribution in [3.63, 3.8) is 0 Å².